The fourth-order valence-electron chi connectivity index (χ4n) is 3.04. The first-order valence-electron chi connectivity index (χ1n) is 8.41. The van der Waals surface area contributed by atoms with Gasteiger partial charge in [0.2, 0.25) is 5.91 Å². The number of carbonyl (C=O) groups is 1. The van der Waals surface area contributed by atoms with Gasteiger partial charge in [0.25, 0.3) is 10.0 Å². The highest BCUT2D eigenvalue weighted by molar-refractivity contribution is 7.91. The Labute approximate surface area is 169 Å². The molecular weight excluding hydrogens is 422 g/mol. The normalized spacial score (nSPS) is 18.4. The number of carbonyl (C=O) groups excluding carboxylic acids is 1. The van der Waals surface area contributed by atoms with Gasteiger partial charge in [-0.05, 0) is 35.7 Å². The molecule has 0 aromatic carbocycles. The number of sulfonamides is 1. The van der Waals surface area contributed by atoms with Crippen LogP contribution in [0.4, 0.5) is 5.13 Å². The summed E-state index contributed by atoms with van der Waals surface area (Å²) in [4.78, 5) is 18.3. The topological polar surface area (TPSA) is 79.4 Å². The van der Waals surface area contributed by atoms with Gasteiger partial charge in [-0.15, -0.1) is 34.0 Å². The largest absolute Gasteiger partial charge is 0.301 e. The molecule has 4 heterocycles. The molecule has 1 amide bonds. The van der Waals surface area contributed by atoms with Crippen molar-refractivity contribution >= 4 is 55.1 Å². The third-order valence-electron chi connectivity index (χ3n) is 4.32. The van der Waals surface area contributed by atoms with Crippen molar-refractivity contribution in [1.82, 2.24) is 9.29 Å². The minimum absolute atomic E-state index is 0.274. The van der Waals surface area contributed by atoms with Crippen molar-refractivity contribution in [3.8, 4) is 10.6 Å². The van der Waals surface area contributed by atoms with Gasteiger partial charge < -0.3 is 5.32 Å². The van der Waals surface area contributed by atoms with Crippen LogP contribution in [0.1, 0.15) is 19.3 Å². The second kappa shape index (κ2) is 7.80. The zero-order valence-electron chi connectivity index (χ0n) is 14.2. The summed E-state index contributed by atoms with van der Waals surface area (Å²) < 4.78 is 27.5. The molecule has 142 valence electrons. The number of thiazole rings is 1. The Balaban J connectivity index is 1.53. The molecule has 0 aliphatic carbocycles. The molecule has 1 atom stereocenters. The fourth-order valence-corrected chi connectivity index (χ4v) is 7.29. The Bertz CT molecular complexity index is 1010. The molecule has 0 bridgehead atoms. The number of aromatic nitrogens is 1. The Hall–Kier alpha value is -1.59. The van der Waals surface area contributed by atoms with Crippen LogP contribution in [0, 0.1) is 0 Å². The number of hydrogen-bond donors (Lipinski definition) is 1. The third-order valence-corrected chi connectivity index (χ3v) is 9.25. The number of rotatable bonds is 5. The minimum atomic E-state index is -3.66. The molecule has 3 aromatic rings. The first-order chi connectivity index (χ1) is 13.1. The number of amides is 1. The summed E-state index contributed by atoms with van der Waals surface area (Å²) in [5.41, 5.74) is 0.817. The monoisotopic (exact) mass is 439 g/mol. The molecule has 1 saturated heterocycles. The maximum Gasteiger partial charge on any atom is 0.253 e. The van der Waals surface area contributed by atoms with Crippen LogP contribution in [-0.2, 0) is 14.8 Å². The molecule has 0 radical (unpaired) electrons. The lowest BCUT2D eigenvalue weighted by Crippen LogP contribution is -2.49. The molecule has 4 rings (SSSR count). The summed E-state index contributed by atoms with van der Waals surface area (Å²) >= 11 is 4.10. The van der Waals surface area contributed by atoms with E-state index in [9.17, 15) is 13.2 Å². The van der Waals surface area contributed by atoms with E-state index in [1.54, 1.807) is 28.8 Å². The first-order valence-corrected chi connectivity index (χ1v) is 12.5. The van der Waals surface area contributed by atoms with E-state index in [1.165, 1.54) is 27.0 Å². The maximum atomic E-state index is 12.9. The summed E-state index contributed by atoms with van der Waals surface area (Å²) in [5, 5.41) is 8.90. The van der Waals surface area contributed by atoms with Gasteiger partial charge >= 0.3 is 0 Å². The van der Waals surface area contributed by atoms with Crippen molar-refractivity contribution in [3.05, 3.63) is 40.4 Å². The average Bonchev–Trinajstić information content (AvgIpc) is 3.42. The number of nitrogens with one attached hydrogen (secondary N) is 1. The Morgan fingerprint density at radius 1 is 1.15 bits per heavy atom. The number of thiophene rings is 2. The highest BCUT2D eigenvalue weighted by atomic mass is 32.2. The van der Waals surface area contributed by atoms with Crippen LogP contribution in [0.5, 0.6) is 0 Å². The summed E-state index contributed by atoms with van der Waals surface area (Å²) in [6.45, 7) is 0.358. The molecule has 10 heteroatoms. The van der Waals surface area contributed by atoms with Crippen LogP contribution < -0.4 is 5.32 Å². The number of anilines is 1. The SMILES string of the molecule is O=C(Nc1nc(-c2cccs2)cs1)C1CCCCN1S(=O)(=O)c1cccs1. The quantitative estimate of drug-likeness (QED) is 0.649. The molecule has 6 nitrogen and oxygen atoms in total. The van der Waals surface area contributed by atoms with E-state index >= 15 is 0 Å². The van der Waals surface area contributed by atoms with Crippen LogP contribution in [0.15, 0.2) is 44.6 Å². The van der Waals surface area contributed by atoms with Crippen LogP contribution in [-0.4, -0.2) is 36.2 Å². The average molecular weight is 440 g/mol. The zero-order chi connectivity index (χ0) is 18.9. The highest BCUT2D eigenvalue weighted by Crippen LogP contribution is 2.31. The van der Waals surface area contributed by atoms with Gasteiger partial charge in [0.1, 0.15) is 10.3 Å². The van der Waals surface area contributed by atoms with Crippen molar-refractivity contribution in [3.63, 3.8) is 0 Å². The van der Waals surface area contributed by atoms with Crippen LogP contribution >= 0.6 is 34.0 Å². The first kappa shape index (κ1) is 18.8. The van der Waals surface area contributed by atoms with E-state index in [1.807, 2.05) is 22.9 Å². The van der Waals surface area contributed by atoms with Crippen LogP contribution in [0.3, 0.4) is 0 Å². The standard InChI is InChI=1S/C17H17N3O3S4/c21-16(19-17-18-12(11-26-17)14-6-3-9-24-14)13-5-1-2-8-20(13)27(22,23)15-7-4-10-25-15/h3-4,6-7,9-11,13H,1-2,5,8H2,(H,18,19,21). The van der Waals surface area contributed by atoms with Crippen molar-refractivity contribution in [2.75, 3.05) is 11.9 Å². The Kier molecular flexibility index (Phi) is 5.42. The number of nitrogens with zero attached hydrogens (tertiary/aromatic N) is 2. The van der Waals surface area contributed by atoms with Crippen molar-refractivity contribution in [1.29, 1.82) is 0 Å². The van der Waals surface area contributed by atoms with E-state index in [0.717, 1.165) is 23.4 Å². The second-order valence-electron chi connectivity index (χ2n) is 6.06. The van der Waals surface area contributed by atoms with Gasteiger partial charge in [0.15, 0.2) is 5.13 Å². The van der Waals surface area contributed by atoms with Crippen LogP contribution in [0.2, 0.25) is 0 Å². The van der Waals surface area contributed by atoms with Crippen molar-refractivity contribution < 1.29 is 13.2 Å². The summed E-state index contributed by atoms with van der Waals surface area (Å²) in [6.07, 6.45) is 2.10. The number of hydrogen-bond acceptors (Lipinski definition) is 7. The molecule has 27 heavy (non-hydrogen) atoms. The molecule has 0 saturated carbocycles. The highest BCUT2D eigenvalue weighted by Gasteiger charge is 2.38. The molecule has 1 aliphatic rings. The second-order valence-corrected chi connectivity index (χ2v) is 10.9. The lowest BCUT2D eigenvalue weighted by Gasteiger charge is -2.32. The van der Waals surface area contributed by atoms with Crippen molar-refractivity contribution in [2.24, 2.45) is 0 Å². The predicted octanol–water partition coefficient (Wildman–Crippen LogP) is 4.12. The van der Waals surface area contributed by atoms with E-state index in [0.29, 0.717) is 18.1 Å². The molecule has 1 unspecified atom stereocenters. The zero-order valence-corrected chi connectivity index (χ0v) is 17.5. The van der Waals surface area contributed by atoms with Gasteiger partial charge in [-0.25, -0.2) is 13.4 Å². The third kappa shape index (κ3) is 3.85. The Morgan fingerprint density at radius 2 is 1.96 bits per heavy atom. The van der Waals surface area contributed by atoms with E-state index in [4.69, 9.17) is 0 Å². The van der Waals surface area contributed by atoms with Gasteiger partial charge in [0.05, 0.1) is 10.6 Å². The van der Waals surface area contributed by atoms with Gasteiger partial charge in [-0.1, -0.05) is 18.6 Å². The van der Waals surface area contributed by atoms with Crippen molar-refractivity contribution in [2.45, 2.75) is 29.5 Å². The molecular formula is C17H17N3O3S4. The van der Waals surface area contributed by atoms with E-state index in [-0.39, 0.29) is 10.1 Å². The van der Waals surface area contributed by atoms with Gasteiger partial charge in [-0.2, -0.15) is 4.31 Å². The van der Waals surface area contributed by atoms with Gasteiger partial charge in [0, 0.05) is 11.9 Å². The fraction of sp³-hybridized carbons (Fsp3) is 0.294. The van der Waals surface area contributed by atoms with Gasteiger partial charge in [-0.3, -0.25) is 4.79 Å². The smallest absolute Gasteiger partial charge is 0.253 e. The predicted molar refractivity (Wildman–Crippen MR) is 110 cm³/mol. The van der Waals surface area contributed by atoms with E-state index < -0.39 is 16.1 Å². The van der Waals surface area contributed by atoms with Crippen LogP contribution in [0.25, 0.3) is 10.6 Å². The Morgan fingerprint density at radius 3 is 2.70 bits per heavy atom. The molecule has 1 aliphatic heterocycles. The molecule has 0 spiro atoms. The molecule has 3 aromatic heterocycles. The lowest BCUT2D eigenvalue weighted by molar-refractivity contribution is -0.120. The summed E-state index contributed by atoms with van der Waals surface area (Å²) in [7, 11) is -3.66. The molecule has 1 N–H and O–H groups in total. The molecule has 1 fully saturated rings. The maximum absolute atomic E-state index is 12.9. The minimum Gasteiger partial charge on any atom is -0.301 e. The lowest BCUT2D eigenvalue weighted by atomic mass is 10.0. The number of piperidine rings is 1. The summed E-state index contributed by atoms with van der Waals surface area (Å²) in [6, 6.07) is 6.50. The summed E-state index contributed by atoms with van der Waals surface area (Å²) in [5.74, 6) is -0.318. The van der Waals surface area contributed by atoms with E-state index in [2.05, 4.69) is 10.3 Å².